The Balaban J connectivity index is 1.56. The number of carbonyl (C=O) groups excluding carboxylic acids is 2. The van der Waals surface area contributed by atoms with Gasteiger partial charge in [-0.15, -0.1) is 16.4 Å². The quantitative estimate of drug-likeness (QED) is 0.444. The van der Waals surface area contributed by atoms with Gasteiger partial charge in [0.1, 0.15) is 4.88 Å². The number of hydrogen-bond acceptors (Lipinski definition) is 8. The van der Waals surface area contributed by atoms with Crippen LogP contribution in [0.25, 0.3) is 0 Å². The molecule has 146 valence electrons. The number of hydrogen-bond donors (Lipinski definition) is 1. The molecule has 3 rings (SSSR count). The fourth-order valence-corrected chi connectivity index (χ4v) is 4.06. The van der Waals surface area contributed by atoms with Crippen molar-refractivity contribution >= 4 is 40.0 Å². The summed E-state index contributed by atoms with van der Waals surface area (Å²) >= 11 is 2.46. The van der Waals surface area contributed by atoms with E-state index in [9.17, 15) is 9.59 Å². The second-order valence-corrected chi connectivity index (χ2v) is 7.78. The highest BCUT2D eigenvalue weighted by Crippen LogP contribution is 2.27. The van der Waals surface area contributed by atoms with E-state index in [0.717, 1.165) is 11.1 Å². The molecule has 0 aliphatic rings. The van der Waals surface area contributed by atoms with Gasteiger partial charge in [0.25, 0.3) is 0 Å². The average molecular weight is 418 g/mol. The number of rotatable bonds is 8. The number of thioether (sulfide) groups is 1. The lowest BCUT2D eigenvalue weighted by molar-refractivity contribution is -0.113. The number of carbonyl (C=O) groups is 2. The van der Waals surface area contributed by atoms with Crippen LogP contribution in [0.15, 0.2) is 41.6 Å². The molecule has 2 heterocycles. The molecule has 3 aromatic rings. The molecule has 1 aromatic carbocycles. The van der Waals surface area contributed by atoms with Crippen LogP contribution >= 0.6 is 23.1 Å². The zero-order valence-corrected chi connectivity index (χ0v) is 17.0. The summed E-state index contributed by atoms with van der Waals surface area (Å²) < 4.78 is 6.67. The molecular weight excluding hydrogens is 398 g/mol. The number of aromatic nitrogens is 4. The summed E-state index contributed by atoms with van der Waals surface area (Å²) in [5.41, 5.74) is 1.85. The lowest BCUT2D eigenvalue weighted by atomic mass is 10.2. The zero-order chi connectivity index (χ0) is 19.9. The van der Waals surface area contributed by atoms with Crippen LogP contribution in [0.2, 0.25) is 0 Å². The topological polar surface area (TPSA) is 99.0 Å². The van der Waals surface area contributed by atoms with Gasteiger partial charge in [-0.05, 0) is 41.5 Å². The molecular formula is C18H19N5O3S2. The number of amides is 1. The number of thiophene rings is 1. The molecule has 0 spiro atoms. The second kappa shape index (κ2) is 9.47. The van der Waals surface area contributed by atoms with Crippen LogP contribution in [0.3, 0.4) is 0 Å². The van der Waals surface area contributed by atoms with Crippen molar-refractivity contribution < 1.29 is 14.3 Å². The van der Waals surface area contributed by atoms with Crippen LogP contribution < -0.4 is 5.32 Å². The van der Waals surface area contributed by atoms with E-state index in [1.165, 1.54) is 23.1 Å². The minimum atomic E-state index is -0.375. The summed E-state index contributed by atoms with van der Waals surface area (Å²) in [5.74, 6) is -0.420. The number of aryl methyl sites for hydroxylation is 1. The van der Waals surface area contributed by atoms with Crippen molar-refractivity contribution in [3.8, 4) is 0 Å². The van der Waals surface area contributed by atoms with Gasteiger partial charge in [-0.2, -0.15) is 0 Å². The van der Waals surface area contributed by atoms with Gasteiger partial charge >= 0.3 is 5.97 Å². The molecule has 0 atom stereocenters. The third-order valence-electron chi connectivity index (χ3n) is 3.65. The molecule has 0 saturated heterocycles. The number of benzene rings is 1. The molecule has 2 aromatic heterocycles. The minimum absolute atomic E-state index is 0.154. The molecule has 1 amide bonds. The number of ether oxygens (including phenoxy) is 1. The number of nitrogens with zero attached hydrogens (tertiary/aromatic N) is 4. The standard InChI is InChI=1S/C18H19N5O3S2/c1-3-26-17(25)16-12(2)9-15(28-16)19-14(24)11-27-18-20-21-22-23(18)10-13-7-5-4-6-8-13/h4-9H,3,10-11H2,1-2H3,(H,19,24). The Morgan fingerprint density at radius 1 is 1.29 bits per heavy atom. The van der Waals surface area contributed by atoms with E-state index in [4.69, 9.17) is 4.74 Å². The van der Waals surface area contributed by atoms with Crippen LogP contribution in [0, 0.1) is 6.92 Å². The van der Waals surface area contributed by atoms with Gasteiger partial charge in [0.15, 0.2) is 0 Å². The predicted molar refractivity (Wildman–Crippen MR) is 108 cm³/mol. The highest BCUT2D eigenvalue weighted by atomic mass is 32.2. The van der Waals surface area contributed by atoms with Crippen molar-refractivity contribution in [1.29, 1.82) is 0 Å². The Bertz CT molecular complexity index is 955. The van der Waals surface area contributed by atoms with Crippen molar-refractivity contribution in [1.82, 2.24) is 20.2 Å². The van der Waals surface area contributed by atoms with Gasteiger partial charge in [-0.3, -0.25) is 4.79 Å². The summed E-state index contributed by atoms with van der Waals surface area (Å²) in [4.78, 5) is 24.7. The maximum atomic E-state index is 12.3. The normalized spacial score (nSPS) is 10.6. The lowest BCUT2D eigenvalue weighted by Gasteiger charge is -2.05. The Morgan fingerprint density at radius 3 is 2.82 bits per heavy atom. The Hall–Kier alpha value is -2.72. The first-order valence-corrected chi connectivity index (χ1v) is 10.4. The SMILES string of the molecule is CCOC(=O)c1sc(NC(=O)CSc2nnnn2Cc2ccccc2)cc1C. The second-order valence-electron chi connectivity index (χ2n) is 5.78. The highest BCUT2D eigenvalue weighted by molar-refractivity contribution is 7.99. The minimum Gasteiger partial charge on any atom is -0.462 e. The largest absolute Gasteiger partial charge is 0.462 e. The maximum absolute atomic E-state index is 12.3. The molecule has 1 N–H and O–H groups in total. The van der Waals surface area contributed by atoms with Crippen LogP contribution in [-0.4, -0.2) is 44.4 Å². The monoisotopic (exact) mass is 417 g/mol. The zero-order valence-electron chi connectivity index (χ0n) is 15.4. The number of tetrazole rings is 1. The van der Waals surface area contributed by atoms with E-state index in [1.807, 2.05) is 37.3 Å². The lowest BCUT2D eigenvalue weighted by Crippen LogP contribution is -2.14. The molecule has 0 bridgehead atoms. The van der Waals surface area contributed by atoms with Crippen molar-refractivity contribution in [3.05, 3.63) is 52.4 Å². The molecule has 0 aliphatic carbocycles. The maximum Gasteiger partial charge on any atom is 0.348 e. The van der Waals surface area contributed by atoms with Crippen molar-refractivity contribution in [2.24, 2.45) is 0 Å². The summed E-state index contributed by atoms with van der Waals surface area (Å²) in [7, 11) is 0. The first-order chi connectivity index (χ1) is 13.6. The van der Waals surface area contributed by atoms with Gasteiger partial charge in [0.2, 0.25) is 11.1 Å². The molecule has 0 radical (unpaired) electrons. The predicted octanol–water partition coefficient (Wildman–Crippen LogP) is 3.00. The highest BCUT2D eigenvalue weighted by Gasteiger charge is 2.16. The molecule has 8 nitrogen and oxygen atoms in total. The molecule has 0 saturated carbocycles. The summed E-state index contributed by atoms with van der Waals surface area (Å²) in [6.45, 7) is 4.41. The summed E-state index contributed by atoms with van der Waals surface area (Å²) in [6.07, 6.45) is 0. The van der Waals surface area contributed by atoms with Crippen LogP contribution in [0.4, 0.5) is 5.00 Å². The number of nitrogens with one attached hydrogen (secondary N) is 1. The van der Waals surface area contributed by atoms with E-state index in [-0.39, 0.29) is 17.6 Å². The third-order valence-corrected chi connectivity index (χ3v) is 5.74. The molecule has 10 heteroatoms. The van der Waals surface area contributed by atoms with Crippen molar-refractivity contribution in [2.45, 2.75) is 25.5 Å². The molecule has 28 heavy (non-hydrogen) atoms. The van der Waals surface area contributed by atoms with E-state index in [2.05, 4.69) is 20.8 Å². The number of anilines is 1. The molecule has 0 aliphatic heterocycles. The Morgan fingerprint density at radius 2 is 2.07 bits per heavy atom. The van der Waals surface area contributed by atoms with Gasteiger partial charge < -0.3 is 10.1 Å². The first-order valence-electron chi connectivity index (χ1n) is 8.57. The fraction of sp³-hybridized carbons (Fsp3) is 0.278. The molecule has 0 unspecified atom stereocenters. The van der Waals surface area contributed by atoms with Gasteiger partial charge in [0.05, 0.1) is 23.9 Å². The van der Waals surface area contributed by atoms with Crippen molar-refractivity contribution in [3.63, 3.8) is 0 Å². The van der Waals surface area contributed by atoms with E-state index in [0.29, 0.717) is 28.2 Å². The van der Waals surface area contributed by atoms with Crippen molar-refractivity contribution in [2.75, 3.05) is 17.7 Å². The summed E-state index contributed by atoms with van der Waals surface area (Å²) in [5, 5.41) is 15.6. The van der Waals surface area contributed by atoms with Crippen LogP contribution in [0.5, 0.6) is 0 Å². The van der Waals surface area contributed by atoms with Crippen LogP contribution in [-0.2, 0) is 16.1 Å². The Labute approximate surface area is 170 Å². The number of esters is 1. The Kier molecular flexibility index (Phi) is 6.77. The van der Waals surface area contributed by atoms with Gasteiger partial charge in [-0.1, -0.05) is 42.1 Å². The summed E-state index contributed by atoms with van der Waals surface area (Å²) in [6, 6.07) is 11.6. The van der Waals surface area contributed by atoms with E-state index in [1.54, 1.807) is 17.7 Å². The smallest absolute Gasteiger partial charge is 0.348 e. The first kappa shape index (κ1) is 20.0. The third kappa shape index (κ3) is 5.17. The molecule has 0 fully saturated rings. The fourth-order valence-electron chi connectivity index (χ4n) is 2.40. The van der Waals surface area contributed by atoms with E-state index >= 15 is 0 Å². The van der Waals surface area contributed by atoms with Crippen LogP contribution in [0.1, 0.15) is 27.7 Å². The average Bonchev–Trinajstić information content (AvgIpc) is 3.27. The van der Waals surface area contributed by atoms with E-state index < -0.39 is 0 Å². The van der Waals surface area contributed by atoms with Gasteiger partial charge in [-0.25, -0.2) is 9.48 Å². The van der Waals surface area contributed by atoms with Gasteiger partial charge in [0, 0.05) is 0 Å².